The van der Waals surface area contributed by atoms with Crippen LogP contribution in [0.4, 0.5) is 0 Å². The molecule has 0 aliphatic carbocycles. The molecular weight excluding hydrogens is 322 g/mol. The first-order valence-corrected chi connectivity index (χ1v) is 9.05. The molecule has 5 nitrogen and oxygen atoms in total. The van der Waals surface area contributed by atoms with Crippen molar-refractivity contribution in [3.63, 3.8) is 0 Å². The zero-order chi connectivity index (χ0) is 17.1. The first-order valence-electron chi connectivity index (χ1n) is 8.23. The summed E-state index contributed by atoms with van der Waals surface area (Å²) in [5, 5.41) is 0.853. The van der Waals surface area contributed by atoms with Gasteiger partial charge in [-0.15, -0.1) is 11.3 Å². The predicted molar refractivity (Wildman–Crippen MR) is 96.4 cm³/mol. The van der Waals surface area contributed by atoms with E-state index in [1.165, 1.54) is 11.3 Å². The molecule has 1 aliphatic heterocycles. The Hall–Kier alpha value is -1.92. The molecule has 3 rings (SSSR count). The van der Waals surface area contributed by atoms with E-state index in [4.69, 9.17) is 10.5 Å². The second-order valence-corrected chi connectivity index (χ2v) is 7.28. The Morgan fingerprint density at radius 3 is 2.58 bits per heavy atom. The van der Waals surface area contributed by atoms with Crippen LogP contribution in [0.5, 0.6) is 5.75 Å². The standard InChI is InChI=1S/C18H23N3O2S/c1-12(19)13-7-9-21(10-8-13)18(22)16-11-20-17(24-16)14-3-5-15(23-2)6-4-14/h3-6,11-13H,7-10,19H2,1-2H3. The fraction of sp³-hybridized carbons (Fsp3) is 0.444. The van der Waals surface area contributed by atoms with E-state index in [0.29, 0.717) is 10.8 Å². The second-order valence-electron chi connectivity index (χ2n) is 6.25. The molecule has 6 heteroatoms. The van der Waals surface area contributed by atoms with Crippen LogP contribution in [0, 0.1) is 5.92 Å². The van der Waals surface area contributed by atoms with Gasteiger partial charge >= 0.3 is 0 Å². The number of hydrogen-bond donors (Lipinski definition) is 1. The lowest BCUT2D eigenvalue weighted by atomic mass is 9.91. The number of benzene rings is 1. The van der Waals surface area contributed by atoms with E-state index in [9.17, 15) is 4.79 Å². The maximum absolute atomic E-state index is 12.7. The molecule has 1 atom stereocenters. The number of carbonyl (C=O) groups excluding carboxylic acids is 1. The number of hydrogen-bond acceptors (Lipinski definition) is 5. The van der Waals surface area contributed by atoms with Crippen molar-refractivity contribution in [2.45, 2.75) is 25.8 Å². The van der Waals surface area contributed by atoms with Crippen molar-refractivity contribution in [1.82, 2.24) is 9.88 Å². The highest BCUT2D eigenvalue weighted by Crippen LogP contribution is 2.28. The summed E-state index contributed by atoms with van der Waals surface area (Å²) in [4.78, 5) is 19.7. The molecule has 24 heavy (non-hydrogen) atoms. The summed E-state index contributed by atoms with van der Waals surface area (Å²) in [7, 11) is 1.64. The third-order valence-corrected chi connectivity index (χ3v) is 5.66. The molecule has 2 N–H and O–H groups in total. The number of nitrogens with zero attached hydrogens (tertiary/aromatic N) is 2. The third kappa shape index (κ3) is 3.60. The Balaban J connectivity index is 1.67. The molecular formula is C18H23N3O2S. The normalized spacial score (nSPS) is 16.9. The number of piperidine rings is 1. The molecule has 2 heterocycles. The molecule has 0 spiro atoms. The van der Waals surface area contributed by atoms with Crippen LogP contribution in [-0.2, 0) is 0 Å². The summed E-state index contributed by atoms with van der Waals surface area (Å²) in [6.45, 7) is 3.61. The van der Waals surface area contributed by atoms with Gasteiger partial charge in [-0.1, -0.05) is 0 Å². The zero-order valence-electron chi connectivity index (χ0n) is 14.1. The van der Waals surface area contributed by atoms with Gasteiger partial charge in [0.05, 0.1) is 13.3 Å². The average Bonchev–Trinajstić information content (AvgIpc) is 3.11. The lowest BCUT2D eigenvalue weighted by Crippen LogP contribution is -2.42. The Morgan fingerprint density at radius 2 is 2.00 bits per heavy atom. The van der Waals surface area contributed by atoms with Gasteiger partial charge < -0.3 is 15.4 Å². The molecule has 1 unspecified atom stereocenters. The molecule has 1 aromatic heterocycles. The third-order valence-electron chi connectivity index (χ3n) is 4.62. The van der Waals surface area contributed by atoms with E-state index in [-0.39, 0.29) is 11.9 Å². The highest BCUT2D eigenvalue weighted by molar-refractivity contribution is 7.16. The van der Waals surface area contributed by atoms with E-state index in [2.05, 4.69) is 4.98 Å². The van der Waals surface area contributed by atoms with Crippen LogP contribution in [0.25, 0.3) is 10.6 Å². The number of aromatic nitrogens is 1. The number of carbonyl (C=O) groups is 1. The molecule has 128 valence electrons. The SMILES string of the molecule is COc1ccc(-c2ncc(C(=O)N3CCC(C(C)N)CC3)s2)cc1. The number of methoxy groups -OCH3 is 1. The fourth-order valence-corrected chi connectivity index (χ4v) is 3.91. The van der Waals surface area contributed by atoms with Crippen molar-refractivity contribution in [2.75, 3.05) is 20.2 Å². The predicted octanol–water partition coefficient (Wildman–Crippen LogP) is 3.02. The molecule has 0 radical (unpaired) electrons. The maximum atomic E-state index is 12.7. The van der Waals surface area contributed by atoms with Gasteiger partial charge in [-0.2, -0.15) is 0 Å². The number of likely N-dealkylation sites (tertiary alicyclic amines) is 1. The summed E-state index contributed by atoms with van der Waals surface area (Å²) in [5.74, 6) is 1.41. The van der Waals surface area contributed by atoms with Crippen molar-refractivity contribution in [3.8, 4) is 16.3 Å². The lowest BCUT2D eigenvalue weighted by molar-refractivity contribution is 0.0685. The summed E-state index contributed by atoms with van der Waals surface area (Å²) < 4.78 is 5.17. The maximum Gasteiger partial charge on any atom is 0.265 e. The fourth-order valence-electron chi connectivity index (χ4n) is 3.02. The minimum Gasteiger partial charge on any atom is -0.497 e. The van der Waals surface area contributed by atoms with Gasteiger partial charge in [-0.3, -0.25) is 4.79 Å². The summed E-state index contributed by atoms with van der Waals surface area (Å²) >= 11 is 1.44. The quantitative estimate of drug-likeness (QED) is 0.925. The van der Waals surface area contributed by atoms with Crippen molar-refractivity contribution in [2.24, 2.45) is 11.7 Å². The molecule has 1 amide bonds. The van der Waals surface area contributed by atoms with Gasteiger partial charge in [0.15, 0.2) is 0 Å². The summed E-state index contributed by atoms with van der Waals surface area (Å²) in [6, 6.07) is 7.92. The Bertz CT molecular complexity index is 689. The molecule has 2 aromatic rings. The largest absolute Gasteiger partial charge is 0.497 e. The van der Waals surface area contributed by atoms with Gasteiger partial charge in [0, 0.05) is 24.7 Å². The molecule has 0 saturated carbocycles. The van der Waals surface area contributed by atoms with E-state index in [0.717, 1.165) is 42.3 Å². The van der Waals surface area contributed by atoms with E-state index < -0.39 is 0 Å². The molecule has 1 aliphatic rings. The average molecular weight is 345 g/mol. The first kappa shape index (κ1) is 16.9. The molecule has 1 fully saturated rings. The topological polar surface area (TPSA) is 68.5 Å². The Kier molecular flexibility index (Phi) is 5.16. The minimum absolute atomic E-state index is 0.0791. The van der Waals surface area contributed by atoms with Crippen molar-refractivity contribution in [3.05, 3.63) is 35.3 Å². The zero-order valence-corrected chi connectivity index (χ0v) is 14.9. The van der Waals surface area contributed by atoms with Gasteiger partial charge in [0.1, 0.15) is 15.6 Å². The van der Waals surface area contributed by atoms with Gasteiger partial charge in [0.2, 0.25) is 0 Å². The van der Waals surface area contributed by atoms with Crippen LogP contribution in [0.3, 0.4) is 0 Å². The smallest absolute Gasteiger partial charge is 0.265 e. The summed E-state index contributed by atoms with van der Waals surface area (Å²) in [6.07, 6.45) is 3.64. The van der Waals surface area contributed by atoms with Crippen molar-refractivity contribution in [1.29, 1.82) is 0 Å². The monoisotopic (exact) mass is 345 g/mol. The van der Waals surface area contributed by atoms with Crippen molar-refractivity contribution < 1.29 is 9.53 Å². The molecule has 1 aromatic carbocycles. The number of amides is 1. The lowest BCUT2D eigenvalue weighted by Gasteiger charge is -2.33. The number of nitrogens with two attached hydrogens (primary N) is 1. The van der Waals surface area contributed by atoms with Crippen molar-refractivity contribution >= 4 is 17.2 Å². The van der Waals surface area contributed by atoms with Crippen LogP contribution < -0.4 is 10.5 Å². The Morgan fingerprint density at radius 1 is 1.33 bits per heavy atom. The van der Waals surface area contributed by atoms with Gasteiger partial charge in [-0.25, -0.2) is 4.98 Å². The highest BCUT2D eigenvalue weighted by atomic mass is 32.1. The van der Waals surface area contributed by atoms with Gasteiger partial charge in [0.25, 0.3) is 5.91 Å². The molecule has 0 bridgehead atoms. The second kappa shape index (κ2) is 7.32. The van der Waals surface area contributed by atoms with Crippen LogP contribution in [-0.4, -0.2) is 42.0 Å². The van der Waals surface area contributed by atoms with Gasteiger partial charge in [-0.05, 0) is 49.9 Å². The van der Waals surface area contributed by atoms with Crippen LogP contribution in [0.15, 0.2) is 30.5 Å². The number of rotatable bonds is 4. The van der Waals surface area contributed by atoms with E-state index in [1.54, 1.807) is 13.3 Å². The molecule has 1 saturated heterocycles. The van der Waals surface area contributed by atoms with Crippen LogP contribution in [0.2, 0.25) is 0 Å². The number of thiazole rings is 1. The Labute approximate surface area is 146 Å². The minimum atomic E-state index is 0.0791. The van der Waals surface area contributed by atoms with E-state index in [1.807, 2.05) is 36.1 Å². The van der Waals surface area contributed by atoms with Crippen LogP contribution in [0.1, 0.15) is 29.4 Å². The highest BCUT2D eigenvalue weighted by Gasteiger charge is 2.26. The first-order chi connectivity index (χ1) is 11.6. The van der Waals surface area contributed by atoms with E-state index >= 15 is 0 Å². The summed E-state index contributed by atoms with van der Waals surface area (Å²) in [5.41, 5.74) is 6.96. The van der Waals surface area contributed by atoms with Crippen LogP contribution >= 0.6 is 11.3 Å². The number of ether oxygens (including phenoxy) is 1.